The van der Waals surface area contributed by atoms with Gasteiger partial charge in [0.15, 0.2) is 11.9 Å². The Morgan fingerprint density at radius 3 is 2.43 bits per heavy atom. The van der Waals surface area contributed by atoms with E-state index in [1.54, 1.807) is 40.8 Å². The van der Waals surface area contributed by atoms with E-state index in [1.165, 1.54) is 10.6 Å². The number of nitrogens with zero attached hydrogens (tertiary/aromatic N) is 8. The molecule has 3 aliphatic heterocycles. The monoisotopic (exact) mass is 885 g/mol. The number of aryl methyl sites for hydroxylation is 1. The molecule has 6 aromatic rings. The number of rotatable bonds is 11. The number of aliphatic hydroxyl groups is 1. The van der Waals surface area contributed by atoms with Crippen molar-refractivity contribution in [2.75, 3.05) is 52.9 Å². The molecule has 3 aromatic heterocycles. The van der Waals surface area contributed by atoms with E-state index in [1.807, 2.05) is 51.1 Å². The number of pyridine rings is 2. The van der Waals surface area contributed by atoms with E-state index < -0.39 is 18.2 Å². The molecule has 338 valence electrons. The Morgan fingerprint density at radius 1 is 0.969 bits per heavy atom. The number of carbonyl (C=O) groups excluding carboxylic acids is 2. The minimum Gasteiger partial charge on any atom is -0.508 e. The van der Waals surface area contributed by atoms with Gasteiger partial charge < -0.3 is 43.8 Å². The van der Waals surface area contributed by atoms with E-state index in [9.17, 15) is 34.8 Å². The van der Waals surface area contributed by atoms with E-state index in [4.69, 9.17) is 14.5 Å². The minimum atomic E-state index is -1.53. The summed E-state index contributed by atoms with van der Waals surface area (Å²) in [7, 11) is 1.73. The molecule has 17 heteroatoms. The second kappa shape index (κ2) is 17.0. The molecule has 4 N–H and O–H groups in total. The average Bonchev–Trinajstić information content (AvgIpc) is 3.86. The van der Waals surface area contributed by atoms with Gasteiger partial charge in [-0.25, -0.2) is 19.1 Å². The van der Waals surface area contributed by atoms with Crippen molar-refractivity contribution in [3.05, 3.63) is 104 Å². The molecule has 0 unspecified atom stereocenters. The van der Waals surface area contributed by atoms with Crippen molar-refractivity contribution >= 4 is 23.0 Å². The molecule has 17 nitrogen and oxygen atoms in total. The van der Waals surface area contributed by atoms with Crippen LogP contribution >= 0.6 is 0 Å². The summed E-state index contributed by atoms with van der Waals surface area (Å²) >= 11 is 0. The third kappa shape index (κ3) is 7.82. The summed E-state index contributed by atoms with van der Waals surface area (Å²) < 4.78 is 14.9. The normalized spacial score (nSPS) is 16.6. The molecule has 1 saturated heterocycles. The molecule has 3 aromatic carbocycles. The third-order valence-corrected chi connectivity index (χ3v) is 13.5. The van der Waals surface area contributed by atoms with Crippen LogP contribution in [0.3, 0.4) is 0 Å². The summed E-state index contributed by atoms with van der Waals surface area (Å²) in [5.74, 6) is -0.315. The zero-order valence-corrected chi connectivity index (χ0v) is 37.1. The van der Waals surface area contributed by atoms with E-state index in [0.29, 0.717) is 59.0 Å². The Labute approximate surface area is 374 Å². The van der Waals surface area contributed by atoms with Crippen LogP contribution in [0.4, 0.5) is 4.79 Å². The van der Waals surface area contributed by atoms with Gasteiger partial charge in [0.2, 0.25) is 0 Å². The molecule has 1 atom stereocenters. The third-order valence-electron chi connectivity index (χ3n) is 13.5. The fraction of sp³-hybridized carbons (Fsp3) is 0.375. The first-order valence-corrected chi connectivity index (χ1v) is 22.1. The van der Waals surface area contributed by atoms with Crippen molar-refractivity contribution < 1.29 is 44.0 Å². The molecule has 0 radical (unpaired) electrons. The van der Waals surface area contributed by atoms with Crippen LogP contribution < -0.4 is 10.3 Å². The van der Waals surface area contributed by atoms with Gasteiger partial charge >= 0.3 is 18.1 Å². The molecule has 0 spiro atoms. The second-order valence-corrected chi connectivity index (χ2v) is 17.6. The summed E-state index contributed by atoms with van der Waals surface area (Å²) in [4.78, 5) is 47.8. The molecule has 0 aliphatic carbocycles. The number of phenols is 2. The molecule has 9 rings (SSSR count). The van der Waals surface area contributed by atoms with Crippen LogP contribution in [0, 0.1) is 0 Å². The van der Waals surface area contributed by atoms with Crippen LogP contribution in [-0.2, 0) is 35.6 Å². The maximum Gasteiger partial charge on any atom is 0.415 e. The van der Waals surface area contributed by atoms with Gasteiger partial charge in [0.05, 0.1) is 59.9 Å². The zero-order valence-electron chi connectivity index (χ0n) is 37.1. The van der Waals surface area contributed by atoms with Crippen molar-refractivity contribution in [1.82, 2.24) is 34.1 Å². The fourth-order valence-corrected chi connectivity index (χ4v) is 9.52. The number of cyclic esters (lactones) is 1. The molecule has 0 saturated carbocycles. The van der Waals surface area contributed by atoms with Crippen molar-refractivity contribution in [2.45, 2.75) is 65.8 Å². The van der Waals surface area contributed by atoms with E-state index in [2.05, 4.69) is 22.0 Å². The lowest BCUT2D eigenvalue weighted by Gasteiger charge is -2.44. The first-order chi connectivity index (χ1) is 31.2. The lowest BCUT2D eigenvalue weighted by atomic mass is 9.97. The standard InChI is InChI=1S/C48H52N8O9/c1-6-31-33-20-30(12-13-38(33)49-42-36(31)24-54-39(42)22-34-37(45(54)60)26-64-46(61)43(34)59)65-48(63)52(5)14-15-53-16-18-56(7-2,19-17-53)25-28-8-10-29(11-9-28)55-44(50-51-47(55)62)35-21-32(27(3)4)40(57)23-41(35)58/h8-13,20-23,27,43,59H,6-7,14-19,24-26H2,1-5H3,(H2-,49,50,51,57,58,60,62)/p+1/t43-/m0/s1. The van der Waals surface area contributed by atoms with Crippen LogP contribution in [0.1, 0.15) is 73.1 Å². The summed E-state index contributed by atoms with van der Waals surface area (Å²) in [5.41, 5.74) is 6.67. The quantitative estimate of drug-likeness (QED) is 0.0957. The number of hydrogen-bond donors (Lipinski definition) is 4. The highest BCUT2D eigenvalue weighted by Gasteiger charge is 2.35. The van der Waals surface area contributed by atoms with Gasteiger partial charge in [0.25, 0.3) is 5.56 Å². The largest absolute Gasteiger partial charge is 0.508 e. The van der Waals surface area contributed by atoms with Gasteiger partial charge in [0.1, 0.15) is 30.4 Å². The number of amides is 1. The summed E-state index contributed by atoms with van der Waals surface area (Å²) in [6.45, 7) is 14.8. The number of piperazine rings is 1. The number of aromatic hydroxyl groups is 3. The summed E-state index contributed by atoms with van der Waals surface area (Å²) in [6.07, 6.45) is -1.36. The molecule has 0 bridgehead atoms. The van der Waals surface area contributed by atoms with E-state index in [0.717, 1.165) is 65.8 Å². The number of carbonyl (C=O) groups is 2. The Kier molecular flexibility index (Phi) is 11.3. The van der Waals surface area contributed by atoms with Crippen molar-refractivity contribution in [1.29, 1.82) is 0 Å². The van der Waals surface area contributed by atoms with Crippen molar-refractivity contribution in [3.63, 3.8) is 0 Å². The zero-order chi connectivity index (χ0) is 45.9. The lowest BCUT2D eigenvalue weighted by Crippen LogP contribution is -2.59. The maximum absolute atomic E-state index is 13.5. The van der Waals surface area contributed by atoms with Gasteiger partial charge in [-0.15, -0.1) is 5.10 Å². The number of ether oxygens (including phenoxy) is 2. The molecular weight excluding hydrogens is 833 g/mol. The first-order valence-electron chi connectivity index (χ1n) is 22.1. The first kappa shape index (κ1) is 43.4. The number of aliphatic hydroxyl groups excluding tert-OH is 1. The number of hydrogen-bond acceptors (Lipinski definition) is 13. The second-order valence-electron chi connectivity index (χ2n) is 17.6. The maximum atomic E-state index is 13.5. The summed E-state index contributed by atoms with van der Waals surface area (Å²) in [6, 6.07) is 17.6. The minimum absolute atomic E-state index is 0.00519. The van der Waals surface area contributed by atoms with Crippen LogP contribution in [0.5, 0.6) is 23.3 Å². The smallest absolute Gasteiger partial charge is 0.415 e. The number of fused-ring (bicyclic) bond motifs is 5. The van der Waals surface area contributed by atoms with Crippen LogP contribution in [0.2, 0.25) is 0 Å². The molecule has 65 heavy (non-hydrogen) atoms. The summed E-state index contributed by atoms with van der Waals surface area (Å²) in [5, 5.41) is 51.2. The number of benzene rings is 3. The van der Waals surface area contributed by atoms with Crippen molar-refractivity contribution in [3.8, 4) is 51.7 Å². The highest BCUT2D eigenvalue weighted by Crippen LogP contribution is 2.41. The molecular formula is C48H53N8O9+. The Hall–Kier alpha value is -6.82. The van der Waals surface area contributed by atoms with Crippen molar-refractivity contribution in [2.24, 2.45) is 0 Å². The molecule has 1 fully saturated rings. The van der Waals surface area contributed by atoms with Crippen LogP contribution in [0.15, 0.2) is 65.5 Å². The van der Waals surface area contributed by atoms with E-state index in [-0.39, 0.29) is 59.1 Å². The number of likely N-dealkylation sites (N-methyl/N-ethyl adjacent to an activating group) is 2. The molecule has 3 aliphatic rings. The number of quaternary nitrogens is 1. The van der Waals surface area contributed by atoms with Crippen LogP contribution in [-0.4, -0.2) is 124 Å². The Morgan fingerprint density at radius 2 is 1.72 bits per heavy atom. The highest BCUT2D eigenvalue weighted by molar-refractivity contribution is 5.90. The SMILES string of the molecule is CCc1c2c(nc3ccc(OC(=O)N(C)CCN4CC[N+](CC)(Cc5ccc(-n6c(O)nnc6-c6cc(C(C)C)c(O)cc6O)cc5)CC4)cc13)-c1cc3c(c(=O)n1C2)COC(=O)[C@H]3O. The molecule has 6 heterocycles. The average molecular weight is 886 g/mol. The fourth-order valence-electron chi connectivity index (χ4n) is 9.52. The number of phenolic OH excluding ortho intramolecular Hbond substituents is 2. The highest BCUT2D eigenvalue weighted by atomic mass is 16.6. The van der Waals surface area contributed by atoms with Gasteiger partial charge in [-0.1, -0.05) is 38.0 Å². The van der Waals surface area contributed by atoms with Gasteiger partial charge in [-0.05, 0) is 72.9 Å². The topological polar surface area (TPSA) is 206 Å². The van der Waals surface area contributed by atoms with E-state index >= 15 is 0 Å². The number of esters is 1. The molecule has 1 amide bonds. The Balaban J connectivity index is 0.815. The predicted molar refractivity (Wildman–Crippen MR) is 240 cm³/mol. The van der Waals surface area contributed by atoms with Gasteiger partial charge in [-0.3, -0.25) is 9.69 Å². The van der Waals surface area contributed by atoms with Gasteiger partial charge in [0, 0.05) is 61.4 Å². The predicted octanol–water partition coefficient (Wildman–Crippen LogP) is 5.35. The van der Waals surface area contributed by atoms with Gasteiger partial charge in [-0.2, -0.15) is 0 Å². The number of aromatic nitrogens is 5. The Bertz CT molecular complexity index is 2920. The van der Waals surface area contributed by atoms with Crippen LogP contribution in [0.25, 0.3) is 39.4 Å². The lowest BCUT2D eigenvalue weighted by molar-refractivity contribution is -0.943.